The van der Waals surface area contributed by atoms with Gasteiger partial charge in [0.05, 0.1) is 22.1 Å². The molecule has 3 heterocycles. The molecule has 4 heteroatoms. The van der Waals surface area contributed by atoms with Crippen molar-refractivity contribution >= 4 is 97.6 Å². The number of H-pyrrole nitrogens is 1. The van der Waals surface area contributed by atoms with E-state index in [1.54, 1.807) is 0 Å². The van der Waals surface area contributed by atoms with Gasteiger partial charge in [-0.15, -0.1) is 0 Å². The molecule has 0 aliphatic rings. The van der Waals surface area contributed by atoms with Crippen LogP contribution in [0, 0.1) is 0 Å². The summed E-state index contributed by atoms with van der Waals surface area (Å²) < 4.78 is 4.72. The maximum atomic E-state index is 13.9. The Morgan fingerprint density at radius 1 is 0.321 bits per heavy atom. The fourth-order valence-corrected chi connectivity index (χ4v) is 9.21. The molecule has 0 spiro atoms. The van der Waals surface area contributed by atoms with Crippen LogP contribution < -0.4 is 5.56 Å². The van der Waals surface area contributed by atoms with Gasteiger partial charge < -0.3 is 14.1 Å². The Bertz CT molecular complexity index is 3550. The van der Waals surface area contributed by atoms with E-state index in [0.717, 1.165) is 71.3 Å². The number of nitrogens with one attached hydrogen (secondary N) is 1. The standard InChI is InChI=1S/C49H29N3O/c53-49-38-24-25-45-48(37-19-9-11-21-44(37)51(45)29-12-2-1-3-13-29)47(38)41-28-46-40(27-42(41)50-49)36-18-8-10-20-43(36)52(46)30-22-23-35-33-16-5-4-14-31(33)32-15-6-7-17-34(32)39(35)26-30/h1-28H,(H,50,53). The number of benzene rings is 9. The van der Waals surface area contributed by atoms with Crippen LogP contribution in [0.5, 0.6) is 0 Å². The Kier molecular flexibility index (Phi) is 5.62. The zero-order chi connectivity index (χ0) is 34.8. The summed E-state index contributed by atoms with van der Waals surface area (Å²) in [4.78, 5) is 17.2. The summed E-state index contributed by atoms with van der Waals surface area (Å²) in [7, 11) is 0. The molecule has 12 aromatic rings. The average molecular weight is 676 g/mol. The van der Waals surface area contributed by atoms with E-state index < -0.39 is 0 Å². The summed E-state index contributed by atoms with van der Waals surface area (Å²) in [6, 6.07) is 60.6. The van der Waals surface area contributed by atoms with Crippen molar-refractivity contribution < 1.29 is 0 Å². The van der Waals surface area contributed by atoms with E-state index in [1.165, 1.54) is 32.3 Å². The zero-order valence-corrected chi connectivity index (χ0v) is 28.5. The normalized spacial score (nSPS) is 12.2. The smallest absolute Gasteiger partial charge is 0.256 e. The van der Waals surface area contributed by atoms with Crippen molar-refractivity contribution in [3.8, 4) is 11.4 Å². The predicted molar refractivity (Wildman–Crippen MR) is 223 cm³/mol. The van der Waals surface area contributed by atoms with Crippen molar-refractivity contribution in [3.05, 3.63) is 180 Å². The monoisotopic (exact) mass is 675 g/mol. The summed E-state index contributed by atoms with van der Waals surface area (Å²) in [5, 5.41) is 14.7. The number of nitrogens with zero attached hydrogens (tertiary/aromatic N) is 2. The topological polar surface area (TPSA) is 42.7 Å². The van der Waals surface area contributed by atoms with E-state index in [2.05, 4.69) is 172 Å². The fourth-order valence-electron chi connectivity index (χ4n) is 9.21. The first-order valence-electron chi connectivity index (χ1n) is 18.1. The lowest BCUT2D eigenvalue weighted by molar-refractivity contribution is 1.18. The third-order valence-electron chi connectivity index (χ3n) is 11.4. The van der Waals surface area contributed by atoms with Gasteiger partial charge in [-0.25, -0.2) is 0 Å². The van der Waals surface area contributed by atoms with E-state index >= 15 is 0 Å². The second-order valence-corrected chi connectivity index (χ2v) is 14.1. The number of rotatable bonds is 2. The minimum Gasteiger partial charge on any atom is -0.321 e. The van der Waals surface area contributed by atoms with Crippen LogP contribution >= 0.6 is 0 Å². The van der Waals surface area contributed by atoms with Crippen LogP contribution in [0.15, 0.2) is 175 Å². The number of pyridine rings is 1. The highest BCUT2D eigenvalue weighted by atomic mass is 16.1. The molecular weight excluding hydrogens is 647 g/mol. The van der Waals surface area contributed by atoms with Crippen LogP contribution in [0.4, 0.5) is 0 Å². The number of hydrogen-bond acceptors (Lipinski definition) is 1. The highest BCUT2D eigenvalue weighted by Gasteiger charge is 2.20. The van der Waals surface area contributed by atoms with Gasteiger partial charge in [-0.3, -0.25) is 4.79 Å². The molecule has 0 aliphatic heterocycles. The molecule has 0 fully saturated rings. The number of para-hydroxylation sites is 3. The van der Waals surface area contributed by atoms with Crippen molar-refractivity contribution in [1.29, 1.82) is 0 Å². The number of aromatic amines is 1. The Hall–Kier alpha value is -7.17. The van der Waals surface area contributed by atoms with Crippen LogP contribution in [-0.2, 0) is 0 Å². The van der Waals surface area contributed by atoms with Crippen molar-refractivity contribution in [3.63, 3.8) is 0 Å². The third kappa shape index (κ3) is 3.81. The molecule has 0 atom stereocenters. The molecule has 0 saturated carbocycles. The summed E-state index contributed by atoms with van der Waals surface area (Å²) in [6.45, 7) is 0. The maximum absolute atomic E-state index is 13.9. The van der Waals surface area contributed by atoms with Gasteiger partial charge in [0.2, 0.25) is 0 Å². The van der Waals surface area contributed by atoms with Crippen LogP contribution in [0.25, 0.3) is 109 Å². The van der Waals surface area contributed by atoms with E-state index in [4.69, 9.17) is 0 Å². The Balaban J connectivity index is 1.24. The molecule has 4 nitrogen and oxygen atoms in total. The Morgan fingerprint density at radius 3 is 1.58 bits per heavy atom. The minimum atomic E-state index is -0.0809. The SMILES string of the molecule is O=c1[nH]c2cc3c4ccccc4n(-c4ccc5c6ccccc6c6ccccc6c5c4)c3cc2c2c1ccc1c2c2ccccc2n1-c1ccccc1. The lowest BCUT2D eigenvalue weighted by Crippen LogP contribution is -2.06. The quantitative estimate of drug-likeness (QED) is 0.182. The molecule has 0 radical (unpaired) electrons. The second-order valence-electron chi connectivity index (χ2n) is 14.1. The summed E-state index contributed by atoms with van der Waals surface area (Å²) in [5.41, 5.74) is 7.35. The van der Waals surface area contributed by atoms with Crippen molar-refractivity contribution in [2.45, 2.75) is 0 Å². The third-order valence-corrected chi connectivity index (χ3v) is 11.4. The van der Waals surface area contributed by atoms with Crippen LogP contribution in [0.3, 0.4) is 0 Å². The average Bonchev–Trinajstić information content (AvgIpc) is 3.73. The Morgan fingerprint density at radius 2 is 0.868 bits per heavy atom. The molecule has 9 aromatic carbocycles. The highest BCUT2D eigenvalue weighted by Crippen LogP contribution is 2.42. The summed E-state index contributed by atoms with van der Waals surface area (Å²) in [6.07, 6.45) is 0. The van der Waals surface area contributed by atoms with Gasteiger partial charge in [0, 0.05) is 54.6 Å². The molecule has 12 rings (SSSR count). The first kappa shape index (κ1) is 28.5. The molecule has 53 heavy (non-hydrogen) atoms. The molecule has 0 unspecified atom stereocenters. The lowest BCUT2D eigenvalue weighted by Gasteiger charge is -2.14. The van der Waals surface area contributed by atoms with E-state index in [-0.39, 0.29) is 5.56 Å². The van der Waals surface area contributed by atoms with Crippen LogP contribution in [0.2, 0.25) is 0 Å². The summed E-state index contributed by atoms with van der Waals surface area (Å²) >= 11 is 0. The van der Waals surface area contributed by atoms with Gasteiger partial charge in [0.1, 0.15) is 0 Å². The largest absolute Gasteiger partial charge is 0.321 e. The number of fused-ring (bicyclic) bond motifs is 16. The van der Waals surface area contributed by atoms with Gasteiger partial charge in [0.25, 0.3) is 5.56 Å². The first-order valence-corrected chi connectivity index (χ1v) is 18.1. The molecule has 0 aliphatic carbocycles. The fraction of sp³-hybridized carbons (Fsp3) is 0. The number of aromatic nitrogens is 3. The van der Waals surface area contributed by atoms with Crippen molar-refractivity contribution in [1.82, 2.24) is 14.1 Å². The summed E-state index contributed by atoms with van der Waals surface area (Å²) in [5.74, 6) is 0. The van der Waals surface area contributed by atoms with Gasteiger partial charge in [-0.1, -0.05) is 109 Å². The number of hydrogen-bond donors (Lipinski definition) is 1. The Labute approximate surface area is 302 Å². The van der Waals surface area contributed by atoms with E-state index in [9.17, 15) is 4.79 Å². The highest BCUT2D eigenvalue weighted by molar-refractivity contribution is 6.30. The van der Waals surface area contributed by atoms with Crippen molar-refractivity contribution in [2.24, 2.45) is 0 Å². The molecule has 0 amide bonds. The molecule has 0 bridgehead atoms. The van der Waals surface area contributed by atoms with Crippen molar-refractivity contribution in [2.75, 3.05) is 0 Å². The molecular formula is C49H29N3O. The predicted octanol–water partition coefficient (Wildman–Crippen LogP) is 12.3. The zero-order valence-electron chi connectivity index (χ0n) is 28.5. The van der Waals surface area contributed by atoms with Gasteiger partial charge in [-0.2, -0.15) is 0 Å². The second kappa shape index (κ2) is 10.4. The van der Waals surface area contributed by atoms with E-state index in [1.807, 2.05) is 12.1 Å². The first-order chi connectivity index (χ1) is 26.2. The maximum Gasteiger partial charge on any atom is 0.256 e. The minimum absolute atomic E-state index is 0.0809. The van der Waals surface area contributed by atoms with E-state index in [0.29, 0.717) is 5.39 Å². The van der Waals surface area contributed by atoms with Crippen LogP contribution in [0.1, 0.15) is 0 Å². The van der Waals surface area contributed by atoms with Gasteiger partial charge in [-0.05, 0) is 93.0 Å². The lowest BCUT2D eigenvalue weighted by atomic mass is 9.94. The van der Waals surface area contributed by atoms with Gasteiger partial charge in [0.15, 0.2) is 0 Å². The molecule has 0 saturated heterocycles. The van der Waals surface area contributed by atoms with Crippen LogP contribution in [-0.4, -0.2) is 14.1 Å². The molecule has 246 valence electrons. The van der Waals surface area contributed by atoms with Gasteiger partial charge >= 0.3 is 0 Å². The molecule has 3 aromatic heterocycles. The molecule has 1 N–H and O–H groups in total.